The van der Waals surface area contributed by atoms with E-state index in [2.05, 4.69) is 16.3 Å². The second-order valence-electron chi connectivity index (χ2n) is 4.22. The van der Waals surface area contributed by atoms with Gasteiger partial charge in [0.2, 0.25) is 0 Å². The zero-order valence-electron chi connectivity index (χ0n) is 9.75. The predicted octanol–water partition coefficient (Wildman–Crippen LogP) is 0.600. The fourth-order valence-corrected chi connectivity index (χ4v) is 1.92. The first-order valence-electron chi connectivity index (χ1n) is 5.59. The number of hydrogen-bond donors (Lipinski definition) is 1. The summed E-state index contributed by atoms with van der Waals surface area (Å²) < 4.78 is 5.07. The van der Waals surface area contributed by atoms with Crippen molar-refractivity contribution in [2.24, 2.45) is 0 Å². The van der Waals surface area contributed by atoms with Gasteiger partial charge in [0, 0.05) is 39.8 Å². The average molecular weight is 211 g/mol. The number of rotatable bonds is 4. The predicted molar refractivity (Wildman–Crippen MR) is 59.6 cm³/mol. The highest BCUT2D eigenvalue weighted by Gasteiger charge is 2.31. The smallest absolute Gasteiger partial charge is 0.108 e. The number of nitriles is 1. The Balaban J connectivity index is 2.58. The standard InChI is InChI=1S/C11H21N3O/c1-11(10-12,4-9-15-2)14-7-3-5-13-6-8-14/h13H,3-9H2,1-2H3. The summed E-state index contributed by atoms with van der Waals surface area (Å²) >= 11 is 0. The molecule has 1 rings (SSSR count). The molecule has 1 heterocycles. The maximum atomic E-state index is 9.29. The van der Waals surface area contributed by atoms with E-state index < -0.39 is 0 Å². The highest BCUT2D eigenvalue weighted by molar-refractivity contribution is 5.05. The van der Waals surface area contributed by atoms with E-state index in [1.54, 1.807) is 7.11 Å². The molecule has 0 saturated carbocycles. The molecule has 1 aliphatic heterocycles. The van der Waals surface area contributed by atoms with Crippen LogP contribution in [0.1, 0.15) is 19.8 Å². The van der Waals surface area contributed by atoms with E-state index >= 15 is 0 Å². The minimum absolute atomic E-state index is 0.373. The Hall–Kier alpha value is -0.630. The van der Waals surface area contributed by atoms with E-state index in [0.29, 0.717) is 6.61 Å². The van der Waals surface area contributed by atoms with E-state index in [0.717, 1.165) is 39.0 Å². The summed E-state index contributed by atoms with van der Waals surface area (Å²) in [5.74, 6) is 0. The van der Waals surface area contributed by atoms with Gasteiger partial charge in [-0.2, -0.15) is 5.26 Å². The molecule has 1 N–H and O–H groups in total. The molecule has 0 aromatic heterocycles. The Morgan fingerprint density at radius 2 is 2.27 bits per heavy atom. The van der Waals surface area contributed by atoms with Crippen molar-refractivity contribution in [1.29, 1.82) is 5.26 Å². The number of hydrogen-bond acceptors (Lipinski definition) is 4. The van der Waals surface area contributed by atoms with E-state index in [4.69, 9.17) is 4.74 Å². The van der Waals surface area contributed by atoms with Gasteiger partial charge in [-0.1, -0.05) is 0 Å². The van der Waals surface area contributed by atoms with Crippen molar-refractivity contribution < 1.29 is 4.74 Å². The molecule has 0 radical (unpaired) electrons. The van der Waals surface area contributed by atoms with Gasteiger partial charge >= 0.3 is 0 Å². The summed E-state index contributed by atoms with van der Waals surface area (Å²) in [4.78, 5) is 2.27. The van der Waals surface area contributed by atoms with Crippen molar-refractivity contribution in [2.45, 2.75) is 25.3 Å². The lowest BCUT2D eigenvalue weighted by Gasteiger charge is -2.34. The highest BCUT2D eigenvalue weighted by Crippen LogP contribution is 2.19. The van der Waals surface area contributed by atoms with Crippen molar-refractivity contribution >= 4 is 0 Å². The van der Waals surface area contributed by atoms with E-state index in [1.807, 2.05) is 6.92 Å². The minimum atomic E-state index is -0.373. The van der Waals surface area contributed by atoms with Crippen molar-refractivity contribution in [1.82, 2.24) is 10.2 Å². The molecule has 4 heteroatoms. The van der Waals surface area contributed by atoms with E-state index in [9.17, 15) is 5.26 Å². The van der Waals surface area contributed by atoms with Gasteiger partial charge in [-0.3, -0.25) is 4.90 Å². The Kier molecular flexibility index (Phi) is 5.03. The molecule has 1 fully saturated rings. The highest BCUT2D eigenvalue weighted by atomic mass is 16.5. The summed E-state index contributed by atoms with van der Waals surface area (Å²) in [6, 6.07) is 2.43. The van der Waals surface area contributed by atoms with E-state index in [-0.39, 0.29) is 5.54 Å². The molecule has 15 heavy (non-hydrogen) atoms. The molecule has 0 spiro atoms. The zero-order chi connectivity index (χ0) is 11.1. The lowest BCUT2D eigenvalue weighted by molar-refractivity contribution is 0.105. The first kappa shape index (κ1) is 12.4. The van der Waals surface area contributed by atoms with Crippen LogP contribution in [0, 0.1) is 11.3 Å². The van der Waals surface area contributed by atoms with Gasteiger partial charge < -0.3 is 10.1 Å². The second kappa shape index (κ2) is 6.06. The average Bonchev–Trinajstić information content (AvgIpc) is 2.54. The summed E-state index contributed by atoms with van der Waals surface area (Å²) in [7, 11) is 1.68. The van der Waals surface area contributed by atoms with E-state index in [1.165, 1.54) is 0 Å². The van der Waals surface area contributed by atoms with Crippen molar-refractivity contribution in [3.63, 3.8) is 0 Å². The monoisotopic (exact) mass is 211 g/mol. The van der Waals surface area contributed by atoms with Crippen LogP contribution in [0.4, 0.5) is 0 Å². The normalized spacial score (nSPS) is 22.7. The minimum Gasteiger partial charge on any atom is -0.385 e. The van der Waals surface area contributed by atoms with Crippen LogP contribution >= 0.6 is 0 Å². The zero-order valence-corrected chi connectivity index (χ0v) is 9.75. The Morgan fingerprint density at radius 3 is 2.93 bits per heavy atom. The first-order valence-corrected chi connectivity index (χ1v) is 5.59. The molecule has 86 valence electrons. The molecule has 1 aliphatic rings. The summed E-state index contributed by atoms with van der Waals surface area (Å²) in [6.45, 7) is 6.65. The molecule has 4 nitrogen and oxygen atoms in total. The number of methoxy groups -OCH3 is 1. The summed E-state index contributed by atoms with van der Waals surface area (Å²) in [5, 5.41) is 12.6. The van der Waals surface area contributed by atoms with Crippen LogP contribution < -0.4 is 5.32 Å². The molecule has 0 bridgehead atoms. The van der Waals surface area contributed by atoms with Gasteiger partial charge in [0.25, 0.3) is 0 Å². The summed E-state index contributed by atoms with van der Waals surface area (Å²) in [5.41, 5.74) is -0.373. The van der Waals surface area contributed by atoms with Crippen LogP contribution in [-0.4, -0.2) is 50.3 Å². The first-order chi connectivity index (χ1) is 7.23. The third kappa shape index (κ3) is 3.45. The van der Waals surface area contributed by atoms with Crippen molar-refractivity contribution in [2.75, 3.05) is 39.9 Å². The van der Waals surface area contributed by atoms with Crippen molar-refractivity contribution in [3.05, 3.63) is 0 Å². The lowest BCUT2D eigenvalue weighted by atomic mass is 9.97. The fourth-order valence-electron chi connectivity index (χ4n) is 1.92. The van der Waals surface area contributed by atoms with Gasteiger partial charge in [0.15, 0.2) is 0 Å². The lowest BCUT2D eigenvalue weighted by Crippen LogP contribution is -2.47. The molecule has 1 atom stereocenters. The van der Waals surface area contributed by atoms with Gasteiger partial charge in [-0.05, 0) is 19.9 Å². The quantitative estimate of drug-likeness (QED) is 0.740. The number of nitrogens with zero attached hydrogens (tertiary/aromatic N) is 2. The maximum Gasteiger partial charge on any atom is 0.108 e. The number of nitrogens with one attached hydrogen (secondary N) is 1. The SMILES string of the molecule is COCCC(C)(C#N)N1CCCNCC1. The molecular formula is C11H21N3O. The molecule has 0 aromatic rings. The summed E-state index contributed by atoms with van der Waals surface area (Å²) in [6.07, 6.45) is 1.89. The van der Waals surface area contributed by atoms with Gasteiger partial charge in [-0.25, -0.2) is 0 Å². The molecule has 1 unspecified atom stereocenters. The Morgan fingerprint density at radius 1 is 1.47 bits per heavy atom. The third-order valence-corrected chi connectivity index (χ3v) is 3.07. The van der Waals surface area contributed by atoms with Crippen LogP contribution in [0.25, 0.3) is 0 Å². The van der Waals surface area contributed by atoms with Crippen LogP contribution in [0.5, 0.6) is 0 Å². The second-order valence-corrected chi connectivity index (χ2v) is 4.22. The molecule has 1 saturated heterocycles. The maximum absolute atomic E-state index is 9.29. The fraction of sp³-hybridized carbons (Fsp3) is 0.909. The van der Waals surface area contributed by atoms with Gasteiger partial charge in [0.1, 0.15) is 5.54 Å². The van der Waals surface area contributed by atoms with Gasteiger partial charge in [0.05, 0.1) is 6.07 Å². The van der Waals surface area contributed by atoms with Crippen LogP contribution in [-0.2, 0) is 4.74 Å². The molecular weight excluding hydrogens is 190 g/mol. The van der Waals surface area contributed by atoms with Crippen LogP contribution in [0.15, 0.2) is 0 Å². The largest absolute Gasteiger partial charge is 0.385 e. The van der Waals surface area contributed by atoms with Crippen LogP contribution in [0.3, 0.4) is 0 Å². The Labute approximate surface area is 92.2 Å². The molecule has 0 aliphatic carbocycles. The Bertz CT molecular complexity index is 218. The van der Waals surface area contributed by atoms with Gasteiger partial charge in [-0.15, -0.1) is 0 Å². The molecule has 0 amide bonds. The third-order valence-electron chi connectivity index (χ3n) is 3.07. The molecule has 0 aromatic carbocycles. The van der Waals surface area contributed by atoms with Crippen molar-refractivity contribution in [3.8, 4) is 6.07 Å². The topological polar surface area (TPSA) is 48.3 Å². The number of ether oxygens (including phenoxy) is 1. The van der Waals surface area contributed by atoms with Crippen LogP contribution in [0.2, 0.25) is 0 Å².